The lowest BCUT2D eigenvalue weighted by Gasteiger charge is -2.29. The van der Waals surface area contributed by atoms with Crippen LogP contribution >= 0.6 is 0 Å². The van der Waals surface area contributed by atoms with E-state index in [0.717, 1.165) is 50.4 Å². The number of rotatable bonds is 8. The molecule has 0 aromatic carbocycles. The predicted octanol–water partition coefficient (Wildman–Crippen LogP) is 3.17. The third-order valence-corrected chi connectivity index (χ3v) is 6.35. The van der Waals surface area contributed by atoms with Gasteiger partial charge < -0.3 is 26.0 Å². The number of aromatic nitrogens is 4. The fourth-order valence-corrected chi connectivity index (χ4v) is 4.32. The molecule has 0 bridgehead atoms. The van der Waals surface area contributed by atoms with Gasteiger partial charge in [-0.3, -0.25) is 9.78 Å². The molecular weight excluding hydrogens is 479 g/mol. The van der Waals surface area contributed by atoms with E-state index in [1.54, 1.807) is 0 Å². The Morgan fingerprint density at radius 3 is 2.54 bits per heavy atom. The molecule has 2 fully saturated rings. The average molecular weight is 507 g/mol. The van der Waals surface area contributed by atoms with Crippen LogP contribution in [0.25, 0.3) is 5.65 Å². The van der Waals surface area contributed by atoms with Gasteiger partial charge in [0, 0.05) is 30.4 Å². The summed E-state index contributed by atoms with van der Waals surface area (Å²) in [5, 5.41) is 16.9. The summed E-state index contributed by atoms with van der Waals surface area (Å²) in [6.07, 6.45) is 13.8. The molecule has 0 saturated heterocycles. The molecule has 0 aliphatic heterocycles. The maximum absolute atomic E-state index is 14.0. The minimum Gasteiger partial charge on any atom is -0.436 e. The van der Waals surface area contributed by atoms with Gasteiger partial charge in [-0.1, -0.05) is 5.92 Å². The fraction of sp³-hybridized carbons (Fsp3) is 0.400. The van der Waals surface area contributed by atoms with Crippen LogP contribution in [0.1, 0.15) is 49.0 Å². The summed E-state index contributed by atoms with van der Waals surface area (Å²) in [6.45, 7) is -0.0557. The number of carbonyl (C=O) groups is 2. The summed E-state index contributed by atoms with van der Waals surface area (Å²) in [7, 11) is 0. The average Bonchev–Trinajstić information content (AvgIpc) is 3.60. The Morgan fingerprint density at radius 2 is 1.81 bits per heavy atom. The zero-order valence-electron chi connectivity index (χ0n) is 20.0. The second-order valence-corrected chi connectivity index (χ2v) is 9.17. The standard InChI is InChI=1S/C25H27FN8O3/c1-2-11-37-25(36)31-17-7-5-16(6-8-17)30-22-12-20(29-15-3-4-15)23-28-14-21(34(23)33-22)24(35)32-19-9-10-27-13-18(19)26/h1,9-10,12-17,29H,3-8,11H2,(H,30,33)(H,31,36)(H,27,32,35)/t16-,17-. The lowest BCUT2D eigenvalue weighted by atomic mass is 9.91. The molecule has 2 amide bonds. The number of alkyl carbamates (subject to hydrolysis) is 1. The highest BCUT2D eigenvalue weighted by molar-refractivity contribution is 6.03. The van der Waals surface area contributed by atoms with Gasteiger partial charge in [-0.15, -0.1) is 11.5 Å². The molecule has 12 heteroatoms. The number of fused-ring (bicyclic) bond motifs is 1. The summed E-state index contributed by atoms with van der Waals surface area (Å²) in [6, 6.07) is 3.78. The van der Waals surface area contributed by atoms with Gasteiger partial charge in [0.15, 0.2) is 23.8 Å². The topological polar surface area (TPSA) is 135 Å². The molecule has 192 valence electrons. The first-order valence-corrected chi connectivity index (χ1v) is 12.2. The Hall–Kier alpha value is -4.40. The van der Waals surface area contributed by atoms with Crippen LogP contribution in [0.2, 0.25) is 0 Å². The van der Waals surface area contributed by atoms with Crippen LogP contribution in [0.3, 0.4) is 0 Å². The Balaban J connectivity index is 1.31. The number of imidazole rings is 1. The van der Waals surface area contributed by atoms with Gasteiger partial charge in [0.05, 0.1) is 23.8 Å². The highest BCUT2D eigenvalue weighted by atomic mass is 19.1. The lowest BCUT2D eigenvalue weighted by Crippen LogP contribution is -2.40. The number of hydrogen-bond acceptors (Lipinski definition) is 8. The summed E-state index contributed by atoms with van der Waals surface area (Å²) in [5.41, 5.74) is 1.47. The first-order valence-electron chi connectivity index (χ1n) is 12.2. The van der Waals surface area contributed by atoms with E-state index >= 15 is 0 Å². The van der Waals surface area contributed by atoms with Gasteiger partial charge in [-0.2, -0.15) is 0 Å². The van der Waals surface area contributed by atoms with E-state index in [1.165, 1.54) is 23.0 Å². The molecule has 0 unspecified atom stereocenters. The van der Waals surface area contributed by atoms with Crippen molar-refractivity contribution in [2.45, 2.75) is 56.7 Å². The molecule has 0 spiro atoms. The van der Waals surface area contributed by atoms with Crippen LogP contribution in [0.5, 0.6) is 0 Å². The summed E-state index contributed by atoms with van der Waals surface area (Å²) in [5.74, 6) is 1.68. The lowest BCUT2D eigenvalue weighted by molar-refractivity contribution is 0.101. The van der Waals surface area contributed by atoms with Gasteiger partial charge in [0.1, 0.15) is 5.82 Å². The number of hydrogen-bond donors (Lipinski definition) is 4. The molecule has 2 aliphatic rings. The van der Waals surface area contributed by atoms with E-state index in [9.17, 15) is 14.0 Å². The Labute approximate surface area is 212 Å². The van der Waals surface area contributed by atoms with Crippen LogP contribution in [0.15, 0.2) is 30.7 Å². The van der Waals surface area contributed by atoms with Crippen LogP contribution in [0.4, 0.5) is 26.4 Å². The Kier molecular flexibility index (Phi) is 7.02. The Morgan fingerprint density at radius 1 is 1.08 bits per heavy atom. The molecule has 5 rings (SSSR count). The van der Waals surface area contributed by atoms with Crippen molar-refractivity contribution in [3.63, 3.8) is 0 Å². The molecule has 3 aromatic rings. The van der Waals surface area contributed by atoms with E-state index in [1.807, 2.05) is 6.07 Å². The number of amides is 2. The maximum atomic E-state index is 14.0. The number of nitrogens with one attached hydrogen (secondary N) is 4. The van der Waals surface area contributed by atoms with E-state index in [0.29, 0.717) is 17.5 Å². The molecular formula is C25H27FN8O3. The van der Waals surface area contributed by atoms with Crippen LogP contribution in [-0.4, -0.2) is 56.3 Å². The molecule has 11 nitrogen and oxygen atoms in total. The highest BCUT2D eigenvalue weighted by Gasteiger charge is 2.26. The third kappa shape index (κ3) is 5.88. The van der Waals surface area contributed by atoms with Crippen molar-refractivity contribution >= 4 is 34.8 Å². The van der Waals surface area contributed by atoms with Crippen molar-refractivity contribution in [3.8, 4) is 12.3 Å². The van der Waals surface area contributed by atoms with Gasteiger partial charge in [0.2, 0.25) is 0 Å². The second kappa shape index (κ2) is 10.7. The molecule has 4 N–H and O–H groups in total. The minimum absolute atomic E-state index is 0.0170. The SMILES string of the molecule is C#CCOC(=O)N[C@H]1CC[C@H](Nc2cc(NC3CC3)c3ncc(C(=O)Nc4ccncc4F)n3n2)CC1. The van der Waals surface area contributed by atoms with Gasteiger partial charge in [-0.25, -0.2) is 18.7 Å². The van der Waals surface area contributed by atoms with E-state index < -0.39 is 17.8 Å². The van der Waals surface area contributed by atoms with E-state index in [2.05, 4.69) is 42.3 Å². The number of ether oxygens (including phenoxy) is 1. The molecule has 0 radical (unpaired) electrons. The number of terminal acetylenes is 1. The summed E-state index contributed by atoms with van der Waals surface area (Å²) < 4.78 is 20.4. The van der Waals surface area contributed by atoms with Crippen molar-refractivity contribution in [1.29, 1.82) is 0 Å². The number of halogens is 1. The zero-order chi connectivity index (χ0) is 25.8. The van der Waals surface area contributed by atoms with Crippen molar-refractivity contribution in [3.05, 3.63) is 42.2 Å². The smallest absolute Gasteiger partial charge is 0.408 e. The maximum Gasteiger partial charge on any atom is 0.408 e. The first kappa shape index (κ1) is 24.3. The van der Waals surface area contributed by atoms with Crippen LogP contribution < -0.4 is 21.3 Å². The van der Waals surface area contributed by atoms with Crippen molar-refractivity contribution in [2.24, 2.45) is 0 Å². The number of nitrogens with zero attached hydrogens (tertiary/aromatic N) is 4. The van der Waals surface area contributed by atoms with Gasteiger partial charge in [-0.05, 0) is 44.6 Å². The fourth-order valence-electron chi connectivity index (χ4n) is 4.32. The van der Waals surface area contributed by atoms with Crippen molar-refractivity contribution in [2.75, 3.05) is 22.6 Å². The third-order valence-electron chi connectivity index (χ3n) is 6.35. The predicted molar refractivity (Wildman–Crippen MR) is 135 cm³/mol. The van der Waals surface area contributed by atoms with Crippen LogP contribution in [0, 0.1) is 18.2 Å². The monoisotopic (exact) mass is 506 g/mol. The zero-order valence-corrected chi connectivity index (χ0v) is 20.0. The number of carbonyl (C=O) groups excluding carboxylic acids is 2. The second-order valence-electron chi connectivity index (χ2n) is 9.17. The van der Waals surface area contributed by atoms with Gasteiger partial charge >= 0.3 is 6.09 Å². The number of anilines is 3. The normalized spacial score (nSPS) is 19.0. The molecule has 2 aliphatic carbocycles. The molecule has 3 heterocycles. The van der Waals surface area contributed by atoms with Crippen molar-refractivity contribution < 1.29 is 18.7 Å². The van der Waals surface area contributed by atoms with E-state index in [-0.39, 0.29) is 30.1 Å². The van der Waals surface area contributed by atoms with Gasteiger partial charge in [0.25, 0.3) is 5.91 Å². The van der Waals surface area contributed by atoms with Crippen molar-refractivity contribution in [1.82, 2.24) is 24.9 Å². The molecule has 3 aromatic heterocycles. The minimum atomic E-state index is -0.634. The molecule has 0 atom stereocenters. The quantitative estimate of drug-likeness (QED) is 0.342. The molecule has 37 heavy (non-hydrogen) atoms. The Bertz CT molecular complexity index is 1340. The largest absolute Gasteiger partial charge is 0.436 e. The molecule has 2 saturated carbocycles. The summed E-state index contributed by atoms with van der Waals surface area (Å²) >= 11 is 0. The number of pyridine rings is 1. The summed E-state index contributed by atoms with van der Waals surface area (Å²) in [4.78, 5) is 32.9. The first-order chi connectivity index (χ1) is 18.0. The highest BCUT2D eigenvalue weighted by Crippen LogP contribution is 2.30. The van der Waals surface area contributed by atoms with Crippen LogP contribution in [-0.2, 0) is 4.74 Å². The van der Waals surface area contributed by atoms with E-state index in [4.69, 9.17) is 11.2 Å².